The molecule has 0 radical (unpaired) electrons. The molecule has 3 rings (SSSR count). The molecule has 100 valence electrons. The van der Waals surface area contributed by atoms with Crippen LogP contribution in [0.3, 0.4) is 0 Å². The van der Waals surface area contributed by atoms with Gasteiger partial charge in [-0.05, 0) is 18.2 Å². The quantitative estimate of drug-likeness (QED) is 0.830. The lowest BCUT2D eigenvalue weighted by molar-refractivity contribution is 0.122. The molecule has 0 aliphatic carbocycles. The van der Waals surface area contributed by atoms with Crippen molar-refractivity contribution in [2.24, 2.45) is 7.05 Å². The highest BCUT2D eigenvalue weighted by molar-refractivity contribution is 5.79. The largest absolute Gasteiger partial charge is 0.398 e. The number of nitrogens with two attached hydrogens (primary N) is 1. The molecule has 0 atom stereocenters. The second kappa shape index (κ2) is 4.93. The van der Waals surface area contributed by atoms with Gasteiger partial charge in [0.2, 0.25) is 0 Å². The molecule has 0 amide bonds. The third kappa shape index (κ3) is 2.42. The van der Waals surface area contributed by atoms with Crippen LogP contribution in [-0.4, -0.2) is 36.1 Å². The van der Waals surface area contributed by atoms with Gasteiger partial charge in [-0.3, -0.25) is 4.68 Å². The summed E-state index contributed by atoms with van der Waals surface area (Å²) >= 11 is 0. The zero-order valence-electron chi connectivity index (χ0n) is 11.0. The van der Waals surface area contributed by atoms with Crippen molar-refractivity contribution >= 4 is 11.4 Å². The van der Waals surface area contributed by atoms with Crippen molar-refractivity contribution in [2.75, 3.05) is 36.9 Å². The van der Waals surface area contributed by atoms with Gasteiger partial charge in [-0.2, -0.15) is 5.10 Å². The van der Waals surface area contributed by atoms with E-state index in [0.29, 0.717) is 0 Å². The van der Waals surface area contributed by atoms with Crippen LogP contribution < -0.4 is 10.6 Å². The SMILES string of the molecule is Cn1cc(-c2cc(N3CCOCC3)ccc2N)cn1. The summed E-state index contributed by atoms with van der Waals surface area (Å²) in [5, 5.41) is 4.20. The van der Waals surface area contributed by atoms with Crippen LogP contribution in [0.2, 0.25) is 0 Å². The van der Waals surface area contributed by atoms with Crippen LogP contribution in [0.1, 0.15) is 0 Å². The van der Waals surface area contributed by atoms with Crippen LogP contribution in [0.4, 0.5) is 11.4 Å². The Kier molecular flexibility index (Phi) is 3.13. The Labute approximate surface area is 112 Å². The fraction of sp³-hybridized carbons (Fsp3) is 0.357. The zero-order chi connectivity index (χ0) is 13.2. The molecule has 0 spiro atoms. The number of rotatable bonds is 2. The molecule has 1 fully saturated rings. The lowest BCUT2D eigenvalue weighted by atomic mass is 10.1. The molecular formula is C14H18N4O. The summed E-state index contributed by atoms with van der Waals surface area (Å²) < 4.78 is 7.17. The second-order valence-corrected chi connectivity index (χ2v) is 4.77. The molecule has 1 aromatic carbocycles. The minimum atomic E-state index is 0.782. The van der Waals surface area contributed by atoms with Crippen molar-refractivity contribution in [1.29, 1.82) is 0 Å². The van der Waals surface area contributed by atoms with Gasteiger partial charge in [0.1, 0.15) is 0 Å². The van der Waals surface area contributed by atoms with E-state index in [-0.39, 0.29) is 0 Å². The van der Waals surface area contributed by atoms with Gasteiger partial charge in [-0.1, -0.05) is 0 Å². The molecule has 1 aromatic heterocycles. The van der Waals surface area contributed by atoms with E-state index in [2.05, 4.69) is 22.1 Å². The van der Waals surface area contributed by atoms with Gasteiger partial charge in [-0.15, -0.1) is 0 Å². The Morgan fingerprint density at radius 3 is 2.74 bits per heavy atom. The Bertz CT molecular complexity index is 573. The normalized spacial score (nSPS) is 15.7. The lowest BCUT2D eigenvalue weighted by Gasteiger charge is -2.29. The van der Waals surface area contributed by atoms with E-state index in [1.807, 2.05) is 25.5 Å². The third-order valence-corrected chi connectivity index (χ3v) is 3.43. The highest BCUT2D eigenvalue weighted by Gasteiger charge is 2.13. The molecular weight excluding hydrogens is 240 g/mol. The molecule has 1 aliphatic rings. The lowest BCUT2D eigenvalue weighted by Crippen LogP contribution is -2.36. The molecule has 19 heavy (non-hydrogen) atoms. The van der Waals surface area contributed by atoms with Crippen molar-refractivity contribution in [3.05, 3.63) is 30.6 Å². The molecule has 0 unspecified atom stereocenters. The maximum absolute atomic E-state index is 6.08. The smallest absolute Gasteiger partial charge is 0.0642 e. The van der Waals surface area contributed by atoms with E-state index in [4.69, 9.17) is 10.5 Å². The fourth-order valence-electron chi connectivity index (χ4n) is 2.37. The summed E-state index contributed by atoms with van der Waals surface area (Å²) in [6.45, 7) is 3.42. The number of aryl methyl sites for hydroxylation is 1. The number of anilines is 2. The highest BCUT2D eigenvalue weighted by Crippen LogP contribution is 2.30. The Morgan fingerprint density at radius 1 is 1.26 bits per heavy atom. The van der Waals surface area contributed by atoms with Crippen LogP contribution >= 0.6 is 0 Å². The second-order valence-electron chi connectivity index (χ2n) is 4.77. The summed E-state index contributed by atoms with van der Waals surface area (Å²) in [7, 11) is 1.91. The van der Waals surface area contributed by atoms with Gasteiger partial charge < -0.3 is 15.4 Å². The maximum atomic E-state index is 6.08. The molecule has 1 saturated heterocycles. The first-order valence-electron chi connectivity index (χ1n) is 6.45. The average Bonchev–Trinajstić information content (AvgIpc) is 2.87. The average molecular weight is 258 g/mol. The first-order chi connectivity index (χ1) is 9.24. The van der Waals surface area contributed by atoms with E-state index in [1.165, 1.54) is 5.69 Å². The first kappa shape index (κ1) is 12.0. The number of hydrogen-bond acceptors (Lipinski definition) is 4. The monoisotopic (exact) mass is 258 g/mol. The number of hydrogen-bond donors (Lipinski definition) is 1. The summed E-state index contributed by atoms with van der Waals surface area (Å²) in [6.07, 6.45) is 3.82. The van der Waals surface area contributed by atoms with Crippen molar-refractivity contribution < 1.29 is 4.74 Å². The Hall–Kier alpha value is -2.01. The van der Waals surface area contributed by atoms with Crippen molar-refractivity contribution in [1.82, 2.24) is 9.78 Å². The Balaban J connectivity index is 1.95. The molecule has 5 nitrogen and oxygen atoms in total. The predicted octanol–water partition coefficient (Wildman–Crippen LogP) is 1.51. The van der Waals surface area contributed by atoms with Gasteiger partial charge in [-0.25, -0.2) is 0 Å². The molecule has 5 heteroatoms. The molecule has 0 saturated carbocycles. The molecule has 1 aliphatic heterocycles. The summed E-state index contributed by atoms with van der Waals surface area (Å²) in [4.78, 5) is 2.32. The first-order valence-corrected chi connectivity index (χ1v) is 6.45. The van der Waals surface area contributed by atoms with Crippen LogP contribution in [0, 0.1) is 0 Å². The zero-order valence-corrected chi connectivity index (χ0v) is 11.0. The van der Waals surface area contributed by atoms with Gasteiger partial charge in [0.15, 0.2) is 0 Å². The number of ether oxygens (including phenoxy) is 1. The predicted molar refractivity (Wildman–Crippen MR) is 76.1 cm³/mol. The van der Waals surface area contributed by atoms with E-state index in [1.54, 1.807) is 4.68 Å². The summed E-state index contributed by atoms with van der Waals surface area (Å²) in [5.41, 5.74) is 10.1. The van der Waals surface area contributed by atoms with Crippen LogP contribution in [0.15, 0.2) is 30.6 Å². The number of nitrogens with zero attached hydrogens (tertiary/aromatic N) is 3. The summed E-state index contributed by atoms with van der Waals surface area (Å²) in [6, 6.07) is 6.17. The Morgan fingerprint density at radius 2 is 2.05 bits per heavy atom. The van der Waals surface area contributed by atoms with Crippen molar-refractivity contribution in [2.45, 2.75) is 0 Å². The van der Waals surface area contributed by atoms with Gasteiger partial charge in [0.05, 0.1) is 19.4 Å². The van der Waals surface area contributed by atoms with E-state index < -0.39 is 0 Å². The van der Waals surface area contributed by atoms with Crippen LogP contribution in [0.25, 0.3) is 11.1 Å². The summed E-state index contributed by atoms with van der Waals surface area (Å²) in [5.74, 6) is 0. The molecule has 2 N–H and O–H groups in total. The number of aromatic nitrogens is 2. The van der Waals surface area contributed by atoms with Crippen LogP contribution in [-0.2, 0) is 11.8 Å². The van der Waals surface area contributed by atoms with Crippen molar-refractivity contribution in [3.63, 3.8) is 0 Å². The van der Waals surface area contributed by atoms with Crippen LogP contribution in [0.5, 0.6) is 0 Å². The van der Waals surface area contributed by atoms with E-state index in [0.717, 1.165) is 43.1 Å². The minimum Gasteiger partial charge on any atom is -0.398 e. The maximum Gasteiger partial charge on any atom is 0.0642 e. The van der Waals surface area contributed by atoms with E-state index in [9.17, 15) is 0 Å². The van der Waals surface area contributed by atoms with E-state index >= 15 is 0 Å². The number of nitrogen functional groups attached to an aromatic ring is 1. The van der Waals surface area contributed by atoms with Gasteiger partial charge in [0.25, 0.3) is 0 Å². The van der Waals surface area contributed by atoms with Gasteiger partial charge in [0, 0.05) is 48.8 Å². The number of morpholine rings is 1. The molecule has 0 bridgehead atoms. The standard InChI is InChI=1S/C14H18N4O/c1-17-10-11(9-16-17)13-8-12(2-3-14(13)15)18-4-6-19-7-5-18/h2-3,8-10H,4-7,15H2,1H3. The third-order valence-electron chi connectivity index (χ3n) is 3.43. The topological polar surface area (TPSA) is 56.3 Å². The van der Waals surface area contributed by atoms with Gasteiger partial charge >= 0.3 is 0 Å². The molecule has 2 aromatic rings. The highest BCUT2D eigenvalue weighted by atomic mass is 16.5. The fourth-order valence-corrected chi connectivity index (χ4v) is 2.37. The molecule has 2 heterocycles. The van der Waals surface area contributed by atoms with Crippen molar-refractivity contribution in [3.8, 4) is 11.1 Å². The number of benzene rings is 1. The minimum absolute atomic E-state index is 0.782.